The molecule has 3 fully saturated rings. The fraction of sp³-hybridized carbons (Fsp3) is 0.512. The van der Waals surface area contributed by atoms with E-state index in [1.807, 2.05) is 79.7 Å². The zero-order valence-corrected chi connectivity index (χ0v) is 36.5. The number of fused-ring (bicyclic) bond motifs is 3. The number of benzene rings is 2. The third kappa shape index (κ3) is 9.78. The van der Waals surface area contributed by atoms with Crippen molar-refractivity contribution < 1.29 is 41.8 Å². The van der Waals surface area contributed by atoms with Crippen LogP contribution in [0.1, 0.15) is 59.3 Å². The van der Waals surface area contributed by atoms with Crippen molar-refractivity contribution in [2.45, 2.75) is 93.9 Å². The first kappa shape index (κ1) is 43.1. The van der Waals surface area contributed by atoms with Gasteiger partial charge in [-0.2, -0.15) is 11.8 Å². The molecule has 5 atom stereocenters. The number of amides is 4. The lowest BCUT2D eigenvalue weighted by Crippen LogP contribution is -2.58. The van der Waals surface area contributed by atoms with Crippen LogP contribution in [0.4, 0.5) is 10.5 Å². The molecule has 2 aliphatic heterocycles. The lowest BCUT2D eigenvalue weighted by atomic mass is 10.1. The molecular formula is C43H54N6O9S2. The zero-order valence-electron chi connectivity index (χ0n) is 34.9. The van der Waals surface area contributed by atoms with E-state index in [-0.39, 0.29) is 25.1 Å². The van der Waals surface area contributed by atoms with Gasteiger partial charge in [-0.05, 0) is 113 Å². The first-order valence-corrected chi connectivity index (χ1v) is 23.0. The van der Waals surface area contributed by atoms with Crippen molar-refractivity contribution in [2.24, 2.45) is 5.92 Å². The molecule has 7 rings (SSSR count). The molecule has 60 heavy (non-hydrogen) atoms. The number of carbonyl (C=O) groups excluding carboxylic acids is 4. The topological polar surface area (TPSA) is 186 Å². The van der Waals surface area contributed by atoms with Gasteiger partial charge in [-0.15, -0.1) is 0 Å². The lowest BCUT2D eigenvalue weighted by Gasteiger charge is -2.30. The minimum Gasteiger partial charge on any atom is -0.497 e. The molecule has 2 saturated carbocycles. The highest BCUT2D eigenvalue weighted by molar-refractivity contribution is 7.99. The maximum Gasteiger partial charge on any atom is 0.408 e. The Morgan fingerprint density at radius 3 is 2.50 bits per heavy atom. The maximum atomic E-state index is 14.7. The van der Waals surface area contributed by atoms with Gasteiger partial charge < -0.3 is 34.6 Å². The second-order valence-electron chi connectivity index (χ2n) is 17.1. The number of nitrogens with one attached hydrogen (secondary N) is 3. The Balaban J connectivity index is 1.24. The number of rotatable bonds is 9. The minimum atomic E-state index is -3.92. The van der Waals surface area contributed by atoms with Gasteiger partial charge in [-0.25, -0.2) is 18.2 Å². The predicted molar refractivity (Wildman–Crippen MR) is 231 cm³/mol. The number of ether oxygens (including phenoxy) is 3. The van der Waals surface area contributed by atoms with Crippen LogP contribution in [0.3, 0.4) is 0 Å². The Morgan fingerprint density at radius 1 is 1.07 bits per heavy atom. The fourth-order valence-corrected chi connectivity index (χ4v) is 9.94. The number of anilines is 1. The Hall–Kier alpha value is -5.03. The number of nitrogens with zero attached hydrogens (tertiary/aromatic N) is 3. The molecule has 3 N–H and O–H groups in total. The first-order valence-electron chi connectivity index (χ1n) is 20.3. The highest BCUT2D eigenvalue weighted by Gasteiger charge is 2.62. The number of carbonyl (C=O) groups is 4. The number of methoxy groups -OCH3 is 1. The fourth-order valence-electron chi connectivity index (χ4n) is 7.58. The van der Waals surface area contributed by atoms with Gasteiger partial charge in [0.15, 0.2) is 0 Å². The summed E-state index contributed by atoms with van der Waals surface area (Å²) in [5, 5.41) is 6.60. The van der Waals surface area contributed by atoms with Gasteiger partial charge in [0.25, 0.3) is 5.91 Å². The third-order valence-corrected chi connectivity index (χ3v) is 14.0. The van der Waals surface area contributed by atoms with E-state index in [0.29, 0.717) is 42.3 Å². The lowest BCUT2D eigenvalue weighted by molar-refractivity contribution is -0.140. The second kappa shape index (κ2) is 17.1. The van der Waals surface area contributed by atoms with Crippen molar-refractivity contribution in [1.29, 1.82) is 0 Å². The summed E-state index contributed by atoms with van der Waals surface area (Å²) in [6.07, 6.45) is 4.84. The summed E-state index contributed by atoms with van der Waals surface area (Å²) < 4.78 is 45.7. The molecule has 3 aromatic rings. The number of alkyl carbamates (subject to hydrolysis) is 1. The molecule has 322 valence electrons. The summed E-state index contributed by atoms with van der Waals surface area (Å²) in [4.78, 5) is 64.6. The molecular weight excluding hydrogens is 809 g/mol. The Bertz CT molecular complexity index is 2280. The van der Waals surface area contributed by atoms with Gasteiger partial charge in [-0.1, -0.05) is 12.2 Å². The van der Waals surface area contributed by atoms with Crippen LogP contribution in [0, 0.1) is 5.92 Å². The van der Waals surface area contributed by atoms with E-state index in [0.717, 1.165) is 28.4 Å². The summed E-state index contributed by atoms with van der Waals surface area (Å²) in [5.41, 5.74) is 0.0690. The number of sulfonamides is 1. The number of hydrogen-bond donors (Lipinski definition) is 3. The van der Waals surface area contributed by atoms with Gasteiger partial charge in [0, 0.05) is 48.8 Å². The van der Waals surface area contributed by atoms with Crippen LogP contribution in [-0.4, -0.2) is 116 Å². The Morgan fingerprint density at radius 2 is 1.82 bits per heavy atom. The molecule has 0 bridgehead atoms. The van der Waals surface area contributed by atoms with Crippen LogP contribution in [0.15, 0.2) is 60.7 Å². The Labute approximate surface area is 355 Å². The van der Waals surface area contributed by atoms with Gasteiger partial charge in [-0.3, -0.25) is 19.1 Å². The summed E-state index contributed by atoms with van der Waals surface area (Å²) >= 11 is 1.50. The second-order valence-corrected chi connectivity index (χ2v) is 20.2. The molecule has 0 spiro atoms. The molecule has 0 radical (unpaired) electrons. The Kier molecular flexibility index (Phi) is 12.3. The van der Waals surface area contributed by atoms with Crippen LogP contribution in [0.2, 0.25) is 0 Å². The van der Waals surface area contributed by atoms with E-state index >= 15 is 0 Å². The van der Waals surface area contributed by atoms with Crippen LogP contribution in [0.25, 0.3) is 22.0 Å². The predicted octanol–water partition coefficient (Wildman–Crippen LogP) is 4.78. The van der Waals surface area contributed by atoms with Crippen LogP contribution < -0.4 is 29.7 Å². The van der Waals surface area contributed by atoms with Crippen LogP contribution in [0.5, 0.6) is 11.6 Å². The van der Waals surface area contributed by atoms with E-state index in [1.165, 1.54) is 16.7 Å². The van der Waals surface area contributed by atoms with Crippen molar-refractivity contribution >= 4 is 62.1 Å². The average Bonchev–Trinajstić information content (AvgIpc) is 4.12. The third-order valence-electron chi connectivity index (χ3n) is 11.1. The van der Waals surface area contributed by atoms with E-state index in [9.17, 15) is 27.6 Å². The summed E-state index contributed by atoms with van der Waals surface area (Å²) in [5.74, 6) is -0.514. The highest BCUT2D eigenvalue weighted by atomic mass is 32.2. The van der Waals surface area contributed by atoms with Gasteiger partial charge in [0.05, 0.1) is 24.6 Å². The van der Waals surface area contributed by atoms with E-state index in [2.05, 4.69) is 15.4 Å². The maximum absolute atomic E-state index is 14.7. The van der Waals surface area contributed by atoms with E-state index in [1.54, 1.807) is 27.9 Å². The van der Waals surface area contributed by atoms with Gasteiger partial charge in [0.2, 0.25) is 27.7 Å². The molecule has 1 saturated heterocycles. The number of hydrogen-bond acceptors (Lipinski definition) is 12. The summed E-state index contributed by atoms with van der Waals surface area (Å²) in [6.45, 7) is 5.14. The highest BCUT2D eigenvalue weighted by Crippen LogP contribution is 2.46. The average molecular weight is 863 g/mol. The number of aromatic nitrogens is 1. The quantitative estimate of drug-likeness (QED) is 0.251. The number of allylic oxidation sites excluding steroid dienone is 1. The smallest absolute Gasteiger partial charge is 0.408 e. The molecule has 2 aromatic carbocycles. The largest absolute Gasteiger partial charge is 0.497 e. The van der Waals surface area contributed by atoms with Crippen molar-refractivity contribution in [3.8, 4) is 22.9 Å². The monoisotopic (exact) mass is 862 g/mol. The molecule has 17 heteroatoms. The van der Waals surface area contributed by atoms with Gasteiger partial charge >= 0.3 is 6.09 Å². The van der Waals surface area contributed by atoms with Gasteiger partial charge in [0.1, 0.15) is 35.1 Å². The molecule has 2 aliphatic carbocycles. The van der Waals surface area contributed by atoms with E-state index in [4.69, 9.17) is 19.2 Å². The number of thioether (sulfide) groups is 1. The summed E-state index contributed by atoms with van der Waals surface area (Å²) in [6, 6.07) is 13.2. The van der Waals surface area contributed by atoms with Crippen LogP contribution in [-0.2, 0) is 29.1 Å². The normalized spacial score (nSPS) is 25.4. The van der Waals surface area contributed by atoms with Crippen molar-refractivity contribution in [2.75, 3.05) is 44.2 Å². The van der Waals surface area contributed by atoms with Crippen molar-refractivity contribution in [3.63, 3.8) is 0 Å². The van der Waals surface area contributed by atoms with Crippen molar-refractivity contribution in [3.05, 3.63) is 60.7 Å². The summed E-state index contributed by atoms with van der Waals surface area (Å²) in [7, 11) is 1.59. The van der Waals surface area contributed by atoms with Crippen LogP contribution >= 0.6 is 11.8 Å². The molecule has 15 nitrogen and oxygen atoms in total. The van der Waals surface area contributed by atoms with E-state index < -0.39 is 74.3 Å². The standard InChI is InChI=1S/C43H54N6O9S2/c1-42(2,3)58-41(53)45-35-25-59-19-9-7-8-10-28-23-43(28,40(52)47-60(54,55)32-16-17-32)46-37(50)36-22-31(24-49(36)39(35)51)57-38-33-18-13-29(48(4)5)20-27(33)21-34(44-38)26-11-14-30(56-6)15-12-26/h8,10-15,18,20-21,28,31-32,35-36H,7,9,16-17,19,22-25H2,1-6H3,(H,45,53)(H,46,50)(H,47,52)/b10-8-/t28?,31?,35-,36-,43+/m0/s1. The molecule has 2 unspecified atom stereocenters. The molecule has 1 aromatic heterocycles. The molecule has 4 aliphatic rings. The molecule has 3 heterocycles. The molecule has 4 amide bonds. The zero-order chi connectivity index (χ0) is 43.0. The minimum absolute atomic E-state index is 0.0220. The SMILES string of the molecule is COc1ccc(-c2cc3cc(N(C)C)ccc3c(OC3C[C@H]4C(=O)N[C@]5(C(=O)NS(=O)(=O)C6CC6)CC5/C=C\CCCSC[C@H](NC(=O)OC(C)(C)C)C(=O)N4C3)n2)cc1. The van der Waals surface area contributed by atoms with Crippen molar-refractivity contribution in [1.82, 2.24) is 25.2 Å². The first-order chi connectivity index (χ1) is 28.5. The number of pyridine rings is 1.